The van der Waals surface area contributed by atoms with Gasteiger partial charge in [-0.2, -0.15) is 0 Å². The van der Waals surface area contributed by atoms with Crippen molar-refractivity contribution in [2.75, 3.05) is 17.7 Å². The minimum Gasteiger partial charge on any atom is -0.459 e. The first-order valence-corrected chi connectivity index (χ1v) is 10.2. The van der Waals surface area contributed by atoms with E-state index in [4.69, 9.17) is 9.47 Å². The maximum absolute atomic E-state index is 12.0. The van der Waals surface area contributed by atoms with Crippen molar-refractivity contribution in [1.29, 1.82) is 0 Å². The number of hydrogen-bond donors (Lipinski definition) is 1. The van der Waals surface area contributed by atoms with Crippen molar-refractivity contribution in [3.05, 3.63) is 59.2 Å². The Morgan fingerprint density at radius 1 is 1.00 bits per heavy atom. The van der Waals surface area contributed by atoms with Crippen molar-refractivity contribution in [1.82, 2.24) is 0 Å². The molecule has 0 unspecified atom stereocenters. The summed E-state index contributed by atoms with van der Waals surface area (Å²) in [4.78, 5) is 36.6. The minimum atomic E-state index is -0.463. The summed E-state index contributed by atoms with van der Waals surface area (Å²) in [5.74, 6) is -1.21. The summed E-state index contributed by atoms with van der Waals surface area (Å²) < 4.78 is 10.1. The molecule has 0 atom stereocenters. The standard InChI is InChI=1S/C22H25NO5S/c1-14(2)28-22(26)17-6-8-18(9-7-17)23-20(24)12-27-21(25)13-29-19-10-5-15(3)16(4)11-19/h5-11,14H,12-13H2,1-4H3,(H,23,24). The third-order valence-electron chi connectivity index (χ3n) is 3.95. The van der Waals surface area contributed by atoms with E-state index in [1.54, 1.807) is 38.1 Å². The van der Waals surface area contributed by atoms with Gasteiger partial charge in [0.05, 0.1) is 17.4 Å². The first-order chi connectivity index (χ1) is 13.7. The molecular formula is C22H25NO5S. The van der Waals surface area contributed by atoms with Crippen LogP contribution in [0, 0.1) is 13.8 Å². The number of carbonyl (C=O) groups excluding carboxylic acids is 3. The van der Waals surface area contributed by atoms with Crippen LogP contribution in [0.4, 0.5) is 5.69 Å². The molecule has 1 amide bonds. The van der Waals surface area contributed by atoms with Crippen molar-refractivity contribution in [2.24, 2.45) is 0 Å². The highest BCUT2D eigenvalue weighted by Gasteiger charge is 2.11. The van der Waals surface area contributed by atoms with E-state index in [9.17, 15) is 14.4 Å². The van der Waals surface area contributed by atoms with Crippen LogP contribution in [0.25, 0.3) is 0 Å². The first kappa shape index (κ1) is 22.5. The fourth-order valence-corrected chi connectivity index (χ4v) is 3.09. The highest BCUT2D eigenvalue weighted by atomic mass is 32.2. The van der Waals surface area contributed by atoms with E-state index in [2.05, 4.69) is 5.32 Å². The van der Waals surface area contributed by atoms with Gasteiger partial charge in [0.15, 0.2) is 6.61 Å². The summed E-state index contributed by atoms with van der Waals surface area (Å²) in [5, 5.41) is 2.62. The van der Waals surface area contributed by atoms with Gasteiger partial charge < -0.3 is 14.8 Å². The molecule has 0 fully saturated rings. The molecule has 0 radical (unpaired) electrons. The molecule has 0 saturated heterocycles. The van der Waals surface area contributed by atoms with Crippen LogP contribution in [0.1, 0.15) is 35.3 Å². The maximum Gasteiger partial charge on any atom is 0.338 e. The second-order valence-corrected chi connectivity index (χ2v) is 7.82. The van der Waals surface area contributed by atoms with Crippen molar-refractivity contribution in [3.8, 4) is 0 Å². The van der Waals surface area contributed by atoms with E-state index >= 15 is 0 Å². The summed E-state index contributed by atoms with van der Waals surface area (Å²) in [7, 11) is 0. The highest BCUT2D eigenvalue weighted by Crippen LogP contribution is 2.21. The number of hydrogen-bond acceptors (Lipinski definition) is 6. The molecule has 154 valence electrons. The van der Waals surface area contributed by atoms with Gasteiger partial charge in [0, 0.05) is 10.6 Å². The number of anilines is 1. The van der Waals surface area contributed by atoms with Crippen molar-refractivity contribution < 1.29 is 23.9 Å². The predicted molar refractivity (Wildman–Crippen MR) is 113 cm³/mol. The van der Waals surface area contributed by atoms with E-state index in [0.717, 1.165) is 10.5 Å². The third-order valence-corrected chi connectivity index (χ3v) is 4.91. The lowest BCUT2D eigenvalue weighted by Gasteiger charge is -2.09. The number of nitrogens with one attached hydrogen (secondary N) is 1. The Balaban J connectivity index is 1.75. The average Bonchev–Trinajstić information content (AvgIpc) is 2.67. The highest BCUT2D eigenvalue weighted by molar-refractivity contribution is 8.00. The molecule has 2 rings (SSSR count). The van der Waals surface area contributed by atoms with Gasteiger partial charge in [-0.15, -0.1) is 11.8 Å². The molecule has 7 heteroatoms. The Morgan fingerprint density at radius 3 is 2.31 bits per heavy atom. The third kappa shape index (κ3) is 7.62. The van der Waals surface area contributed by atoms with E-state index in [0.29, 0.717) is 11.3 Å². The summed E-state index contributed by atoms with van der Waals surface area (Å²) >= 11 is 1.37. The van der Waals surface area contributed by atoms with Crippen LogP contribution in [0.5, 0.6) is 0 Å². The van der Waals surface area contributed by atoms with Gasteiger partial charge in [0.25, 0.3) is 5.91 Å². The summed E-state index contributed by atoms with van der Waals surface area (Å²) in [6.07, 6.45) is -0.204. The van der Waals surface area contributed by atoms with Crippen molar-refractivity contribution >= 4 is 35.3 Å². The van der Waals surface area contributed by atoms with E-state index in [1.807, 2.05) is 32.0 Å². The van der Waals surface area contributed by atoms with E-state index < -0.39 is 17.8 Å². The SMILES string of the molecule is Cc1ccc(SCC(=O)OCC(=O)Nc2ccc(C(=O)OC(C)C)cc2)cc1C. The summed E-state index contributed by atoms with van der Waals surface area (Å²) in [5.41, 5.74) is 3.24. The first-order valence-electron chi connectivity index (χ1n) is 9.21. The fourth-order valence-electron chi connectivity index (χ4n) is 2.30. The van der Waals surface area contributed by atoms with Crippen molar-refractivity contribution in [3.63, 3.8) is 0 Å². The Hall–Kier alpha value is -2.80. The van der Waals surface area contributed by atoms with E-state index in [-0.39, 0.29) is 18.5 Å². The Kier molecular flexibility index (Phi) is 8.27. The maximum atomic E-state index is 12.0. The molecule has 2 aromatic carbocycles. The number of amides is 1. The molecule has 0 bridgehead atoms. The van der Waals surface area contributed by atoms with Gasteiger partial charge >= 0.3 is 11.9 Å². The average molecular weight is 416 g/mol. The minimum absolute atomic E-state index is 0.127. The zero-order valence-corrected chi connectivity index (χ0v) is 17.8. The topological polar surface area (TPSA) is 81.7 Å². The molecule has 2 aromatic rings. The van der Waals surface area contributed by atoms with Gasteiger partial charge in [-0.1, -0.05) is 6.07 Å². The predicted octanol–water partition coefficient (Wildman–Crippen LogP) is 4.14. The largest absolute Gasteiger partial charge is 0.459 e. The number of esters is 2. The second kappa shape index (κ2) is 10.7. The lowest BCUT2D eigenvalue weighted by molar-refractivity contribution is -0.144. The lowest BCUT2D eigenvalue weighted by atomic mass is 10.1. The fraction of sp³-hybridized carbons (Fsp3) is 0.318. The van der Waals surface area contributed by atoms with Crippen LogP contribution in [0.3, 0.4) is 0 Å². The Bertz CT molecular complexity index is 877. The van der Waals surface area contributed by atoms with Gasteiger partial charge in [0.1, 0.15) is 0 Å². The molecule has 29 heavy (non-hydrogen) atoms. The number of thioether (sulfide) groups is 1. The zero-order chi connectivity index (χ0) is 21.4. The van der Waals surface area contributed by atoms with Gasteiger partial charge in [-0.3, -0.25) is 9.59 Å². The van der Waals surface area contributed by atoms with Crippen LogP contribution in [0.2, 0.25) is 0 Å². The summed E-state index contributed by atoms with van der Waals surface area (Å²) in [6.45, 7) is 7.22. The van der Waals surface area contributed by atoms with Crippen LogP contribution in [-0.4, -0.2) is 36.3 Å². The normalized spacial score (nSPS) is 10.5. The van der Waals surface area contributed by atoms with Gasteiger partial charge in [0.2, 0.25) is 0 Å². The van der Waals surface area contributed by atoms with Crippen LogP contribution >= 0.6 is 11.8 Å². The molecule has 0 aliphatic carbocycles. The van der Waals surface area contributed by atoms with Gasteiger partial charge in [-0.25, -0.2) is 4.79 Å². The lowest BCUT2D eigenvalue weighted by Crippen LogP contribution is -2.21. The number of rotatable bonds is 8. The smallest absolute Gasteiger partial charge is 0.338 e. The number of ether oxygens (including phenoxy) is 2. The molecule has 6 nitrogen and oxygen atoms in total. The number of benzene rings is 2. The number of aryl methyl sites for hydroxylation is 2. The monoisotopic (exact) mass is 415 g/mol. The van der Waals surface area contributed by atoms with Crippen LogP contribution in [-0.2, 0) is 19.1 Å². The Morgan fingerprint density at radius 2 is 1.69 bits per heavy atom. The Labute approximate surface area is 175 Å². The van der Waals surface area contributed by atoms with Gasteiger partial charge in [-0.05, 0) is 75.2 Å². The van der Waals surface area contributed by atoms with E-state index in [1.165, 1.54) is 17.3 Å². The zero-order valence-electron chi connectivity index (χ0n) is 17.0. The quantitative estimate of drug-likeness (QED) is 0.515. The molecule has 0 saturated carbocycles. The molecule has 0 aromatic heterocycles. The van der Waals surface area contributed by atoms with Crippen LogP contribution < -0.4 is 5.32 Å². The molecule has 0 aliphatic heterocycles. The molecular weight excluding hydrogens is 390 g/mol. The summed E-state index contributed by atoms with van der Waals surface area (Å²) in [6, 6.07) is 12.3. The molecule has 1 N–H and O–H groups in total. The molecule has 0 aliphatic rings. The second-order valence-electron chi connectivity index (χ2n) is 6.78. The molecule has 0 spiro atoms. The van der Waals surface area contributed by atoms with Crippen molar-refractivity contribution in [2.45, 2.75) is 38.7 Å². The number of carbonyl (C=O) groups is 3. The van der Waals surface area contributed by atoms with Crippen LogP contribution in [0.15, 0.2) is 47.4 Å². The molecule has 0 heterocycles.